The number of benzene rings is 4. The molecule has 25 atom stereocenters. The number of nitrogens with two attached hydrogens (primary N) is 3. The van der Waals surface area contributed by atoms with Crippen molar-refractivity contribution in [1.82, 2.24) is 31.5 Å². The maximum Gasteiger partial charge on any atom is 0.246 e. The number of aldehydes is 1. The first-order valence-electron chi connectivity index (χ1n) is 32.1. The van der Waals surface area contributed by atoms with E-state index < -0.39 is 221 Å². The molecule has 4 aromatic rings. The summed E-state index contributed by atoms with van der Waals surface area (Å²) in [6.45, 7) is -2.80. The third kappa shape index (κ3) is 17.3. The fraction of sp³-hybridized carbons (Fsp3) is 0.547. The average Bonchev–Trinajstić information content (AvgIpc) is 1.35. The summed E-state index contributed by atoms with van der Waals surface area (Å²) in [6.07, 6.45) is -30.3. The SMILES string of the molecule is COc1ccc2cc(COC3C(OC4C(CO)OC(Oc5ccc(CC(NC(=O)C(N)C(C)c6ccccc6)C(=O)NC(C(=O)NC(C(=O)NC(C=O)CO)C(O)C6CN=C(N)N6C6OC(CO)C(O)C(O)C6O)C(O)C6CN=C(N)N6)cc5)C(O)C4O)OC(CO)C(O)C3O)ccc2c1. The van der Waals surface area contributed by atoms with E-state index in [1.54, 1.807) is 56.5 Å². The summed E-state index contributed by atoms with van der Waals surface area (Å²) in [4.78, 5) is 79.4. The number of methoxy groups -OCH3 is 1. The normalized spacial score (nSPS) is 30.8. The van der Waals surface area contributed by atoms with Gasteiger partial charge in [0.2, 0.25) is 29.9 Å². The Morgan fingerprint density at radius 3 is 1.90 bits per heavy atom. The van der Waals surface area contributed by atoms with Gasteiger partial charge in [0, 0.05) is 12.3 Å². The molecule has 3 saturated heterocycles. The van der Waals surface area contributed by atoms with Crippen LogP contribution in [0.15, 0.2) is 101 Å². The van der Waals surface area contributed by atoms with E-state index in [4.69, 9.17) is 50.4 Å². The first-order valence-corrected chi connectivity index (χ1v) is 32.1. The van der Waals surface area contributed by atoms with Crippen LogP contribution in [0, 0.1) is 0 Å². The molecule has 3 fully saturated rings. The van der Waals surface area contributed by atoms with Gasteiger partial charge < -0.3 is 153 Å². The minimum Gasteiger partial charge on any atom is -0.497 e. The number of carbonyl (C=O) groups is 5. The van der Waals surface area contributed by atoms with E-state index in [2.05, 4.69) is 36.6 Å². The second-order valence-corrected chi connectivity index (χ2v) is 24.8. The Morgan fingerprint density at radius 2 is 1.25 bits per heavy atom. The fourth-order valence-electron chi connectivity index (χ4n) is 12.3. The van der Waals surface area contributed by atoms with Gasteiger partial charge in [-0.25, -0.2) is 0 Å². The molecule has 5 heterocycles. The highest BCUT2D eigenvalue weighted by atomic mass is 16.7. The van der Waals surface area contributed by atoms with E-state index in [0.717, 1.165) is 15.7 Å². The molecule has 25 unspecified atom stereocenters. The van der Waals surface area contributed by atoms with Gasteiger partial charge in [0.05, 0.1) is 71.4 Å². The van der Waals surface area contributed by atoms with Gasteiger partial charge in [-0.1, -0.05) is 67.6 Å². The van der Waals surface area contributed by atoms with Crippen LogP contribution in [-0.4, -0.2) is 306 Å². The Kier molecular flexibility index (Phi) is 26.0. The van der Waals surface area contributed by atoms with Crippen molar-refractivity contribution in [3.05, 3.63) is 108 Å². The Labute approximate surface area is 571 Å². The predicted molar refractivity (Wildman–Crippen MR) is 345 cm³/mol. The second-order valence-electron chi connectivity index (χ2n) is 24.8. The largest absolute Gasteiger partial charge is 0.497 e. The van der Waals surface area contributed by atoms with Gasteiger partial charge in [0.25, 0.3) is 0 Å². The highest BCUT2D eigenvalue weighted by molar-refractivity contribution is 5.96. The van der Waals surface area contributed by atoms with Crippen LogP contribution in [0.2, 0.25) is 0 Å². The number of nitrogens with zero attached hydrogens (tertiary/aromatic N) is 3. The number of fused-ring (bicyclic) bond motifs is 1. The van der Waals surface area contributed by atoms with Crippen LogP contribution in [0.4, 0.5) is 0 Å². The number of aliphatic hydroxyl groups is 13. The van der Waals surface area contributed by atoms with Gasteiger partial charge in [0.15, 0.2) is 24.4 Å². The number of hydrogen-bond acceptors (Lipinski definition) is 32. The van der Waals surface area contributed by atoms with E-state index >= 15 is 4.79 Å². The van der Waals surface area contributed by atoms with Crippen LogP contribution in [0.3, 0.4) is 0 Å². The molecule has 548 valence electrons. The van der Waals surface area contributed by atoms with Gasteiger partial charge >= 0.3 is 0 Å². The predicted octanol–water partition coefficient (Wildman–Crippen LogP) is -9.31. The lowest BCUT2D eigenvalue weighted by molar-refractivity contribution is -0.357. The lowest BCUT2D eigenvalue weighted by Gasteiger charge is -2.46. The van der Waals surface area contributed by atoms with Crippen LogP contribution in [0.5, 0.6) is 11.5 Å². The lowest BCUT2D eigenvalue weighted by atomic mass is 9.93. The Bertz CT molecular complexity index is 3480. The Hall–Kier alpha value is -7.93. The Morgan fingerprint density at radius 1 is 0.650 bits per heavy atom. The van der Waals surface area contributed by atoms with E-state index in [1.165, 1.54) is 24.3 Å². The zero-order chi connectivity index (χ0) is 72.4. The number of guanidine groups is 2. The van der Waals surface area contributed by atoms with Gasteiger partial charge in [-0.3, -0.25) is 29.2 Å². The minimum atomic E-state index is -2.26. The van der Waals surface area contributed by atoms with Crippen LogP contribution < -0.4 is 53.3 Å². The van der Waals surface area contributed by atoms with Crippen molar-refractivity contribution in [1.29, 1.82) is 0 Å². The molecule has 0 radical (unpaired) electrons. The number of rotatable bonds is 30. The van der Waals surface area contributed by atoms with Crippen LogP contribution in [-0.2, 0) is 60.7 Å². The Balaban J connectivity index is 0.939. The molecule has 0 bridgehead atoms. The topological polar surface area (TPSA) is 579 Å². The number of ether oxygens (including phenoxy) is 7. The summed E-state index contributed by atoms with van der Waals surface area (Å²) in [5.74, 6) is -5.53. The van der Waals surface area contributed by atoms with Crippen molar-refractivity contribution >= 4 is 52.6 Å². The molecule has 36 heteroatoms. The van der Waals surface area contributed by atoms with Gasteiger partial charge in [-0.2, -0.15) is 0 Å². The molecular formula is C64H87N11O25. The summed E-state index contributed by atoms with van der Waals surface area (Å²) in [5, 5.41) is 156. The number of nitrogens with one attached hydrogen (secondary N) is 5. The zero-order valence-corrected chi connectivity index (χ0v) is 54.1. The van der Waals surface area contributed by atoms with Crippen molar-refractivity contribution in [2.75, 3.05) is 46.6 Å². The molecule has 5 aliphatic rings. The second kappa shape index (κ2) is 34.2. The summed E-state index contributed by atoms with van der Waals surface area (Å²) < 4.78 is 41.0. The quantitative estimate of drug-likeness (QED) is 0.0216. The maximum absolute atomic E-state index is 15.0. The van der Waals surface area contributed by atoms with Crippen molar-refractivity contribution in [2.45, 2.75) is 172 Å². The monoisotopic (exact) mass is 1410 g/mol. The van der Waals surface area contributed by atoms with E-state index in [9.17, 15) is 85.6 Å². The molecular weight excluding hydrogens is 1320 g/mol. The maximum atomic E-state index is 15.0. The molecule has 0 aromatic heterocycles. The standard InChI is InChI=1S/C64H87N11O25/c1-27(30-6-4-3-5-7-30)42(65)57(91)71-36(56(90)73-43(45(81)37-19-68-63(66)72-37)59(93)74-44(58(92)70-33(21-76)22-77)46(82)38-20-69-64(67)75(38)60-52(88)49(85)47(83)39(23-78)97-60)17-28-9-13-34(14-10-28)96-61-53(89)51(87)54(41(25-80)99-61)100-62-55(50(86)48(84)40(24-79)98-62)95-26-29-8-11-32-18-35(94-2)15-12-31(32)16-29/h3-16,18,21,27,33,36-55,60-62,77-89H,17,19-20,22-26,65H2,1-2H3,(H2,67,69)(H,70,92)(H,71,91)(H,73,90)(H,74,93)(H3,66,68,72). The smallest absolute Gasteiger partial charge is 0.246 e. The molecule has 24 N–H and O–H groups in total. The first kappa shape index (κ1) is 76.3. The van der Waals surface area contributed by atoms with Crippen molar-refractivity contribution < 1.29 is 124 Å². The first-order chi connectivity index (χ1) is 47.8. The number of aliphatic hydroxyl groups excluding tert-OH is 13. The van der Waals surface area contributed by atoms with Crippen molar-refractivity contribution in [2.24, 2.45) is 27.2 Å². The molecule has 100 heavy (non-hydrogen) atoms. The van der Waals surface area contributed by atoms with Crippen molar-refractivity contribution in [3.63, 3.8) is 0 Å². The van der Waals surface area contributed by atoms with Gasteiger partial charge in [-0.05, 0) is 57.8 Å². The number of aliphatic imine (C=N–C) groups is 2. The highest BCUT2D eigenvalue weighted by Crippen LogP contribution is 2.34. The molecule has 5 aliphatic heterocycles. The molecule has 36 nitrogen and oxygen atoms in total. The molecule has 4 amide bonds. The molecule has 0 saturated carbocycles. The number of carbonyl (C=O) groups excluding carboxylic acids is 5. The molecule has 4 aromatic carbocycles. The number of amides is 4. The number of hydrogen-bond donors (Lipinski definition) is 21. The third-order valence-corrected chi connectivity index (χ3v) is 18.2. The van der Waals surface area contributed by atoms with Gasteiger partial charge in [0.1, 0.15) is 127 Å². The third-order valence-electron chi connectivity index (χ3n) is 18.2. The molecule has 9 rings (SSSR count). The summed E-state index contributed by atoms with van der Waals surface area (Å²) >= 11 is 0. The van der Waals surface area contributed by atoms with Crippen LogP contribution in [0.1, 0.15) is 29.5 Å². The van der Waals surface area contributed by atoms with Crippen LogP contribution >= 0.6 is 0 Å². The molecule has 0 aliphatic carbocycles. The summed E-state index contributed by atoms with van der Waals surface area (Å²) in [7, 11) is 1.54. The summed E-state index contributed by atoms with van der Waals surface area (Å²) in [5.41, 5.74) is 20.2. The lowest BCUT2D eigenvalue weighted by Crippen LogP contribution is -2.70. The highest BCUT2D eigenvalue weighted by Gasteiger charge is 2.54. The van der Waals surface area contributed by atoms with Gasteiger partial charge in [-0.15, -0.1) is 0 Å². The summed E-state index contributed by atoms with van der Waals surface area (Å²) in [6, 6.07) is 13.1. The van der Waals surface area contributed by atoms with E-state index in [0.29, 0.717) is 16.9 Å². The average molecular weight is 1410 g/mol. The van der Waals surface area contributed by atoms with E-state index in [1.807, 2.05) is 24.3 Å². The van der Waals surface area contributed by atoms with E-state index in [-0.39, 0.29) is 36.7 Å². The van der Waals surface area contributed by atoms with Crippen LogP contribution in [0.25, 0.3) is 10.8 Å². The molecule has 0 spiro atoms. The van der Waals surface area contributed by atoms with Crippen molar-refractivity contribution in [3.8, 4) is 11.5 Å². The fourth-order valence-corrected chi connectivity index (χ4v) is 12.3. The zero-order valence-electron chi connectivity index (χ0n) is 54.1. The minimum absolute atomic E-state index is 0.0348.